The molecule has 84 valence electrons. The zero-order valence-electron chi connectivity index (χ0n) is 9.43. The summed E-state index contributed by atoms with van der Waals surface area (Å²) in [5.74, 6) is 0.716. The van der Waals surface area contributed by atoms with Crippen LogP contribution in [0.3, 0.4) is 0 Å². The second kappa shape index (κ2) is 6.81. The van der Waals surface area contributed by atoms with Crippen molar-refractivity contribution in [1.29, 1.82) is 0 Å². The van der Waals surface area contributed by atoms with E-state index in [-0.39, 0.29) is 0 Å². The number of halogens is 1. The first-order valence-electron chi connectivity index (χ1n) is 5.75. The average molecular weight is 263 g/mol. The smallest absolute Gasteiger partial charge is 0.0107 e. The third-order valence-corrected chi connectivity index (χ3v) is 4.21. The molecule has 1 heterocycles. The molecule has 0 amide bonds. The number of hydrogen-bond donors (Lipinski definition) is 1. The molecule has 2 nitrogen and oxygen atoms in total. The molecule has 1 aliphatic rings. The summed E-state index contributed by atoms with van der Waals surface area (Å²) in [5, 5.41) is 4.68. The molecule has 2 atom stereocenters. The van der Waals surface area contributed by atoms with E-state index in [4.69, 9.17) is 0 Å². The normalized spacial score (nSPS) is 22.5. The van der Waals surface area contributed by atoms with Crippen molar-refractivity contribution in [3.05, 3.63) is 0 Å². The van der Waals surface area contributed by atoms with Crippen LogP contribution in [0.5, 0.6) is 0 Å². The Morgan fingerprint density at radius 2 is 1.93 bits per heavy atom. The maximum atomic E-state index is 3.59. The molecule has 1 aliphatic heterocycles. The third-order valence-electron chi connectivity index (χ3n) is 3.19. The van der Waals surface area contributed by atoms with Crippen molar-refractivity contribution in [3.63, 3.8) is 0 Å². The first-order valence-corrected chi connectivity index (χ1v) is 6.88. The highest BCUT2D eigenvalue weighted by atomic mass is 79.9. The van der Waals surface area contributed by atoms with Gasteiger partial charge in [0.15, 0.2) is 0 Å². The van der Waals surface area contributed by atoms with Crippen molar-refractivity contribution in [2.75, 3.05) is 31.5 Å². The molecule has 0 spiro atoms. The van der Waals surface area contributed by atoms with Gasteiger partial charge in [-0.15, -0.1) is 0 Å². The van der Waals surface area contributed by atoms with Gasteiger partial charge in [0.1, 0.15) is 0 Å². The fourth-order valence-electron chi connectivity index (χ4n) is 1.79. The van der Waals surface area contributed by atoms with E-state index in [1.807, 2.05) is 0 Å². The van der Waals surface area contributed by atoms with Crippen molar-refractivity contribution in [3.8, 4) is 0 Å². The lowest BCUT2D eigenvalue weighted by Gasteiger charge is -2.21. The summed E-state index contributed by atoms with van der Waals surface area (Å²) < 4.78 is 0. The molecule has 1 fully saturated rings. The van der Waals surface area contributed by atoms with Gasteiger partial charge in [0, 0.05) is 24.5 Å². The van der Waals surface area contributed by atoms with Crippen molar-refractivity contribution in [2.24, 2.45) is 5.92 Å². The summed E-state index contributed by atoms with van der Waals surface area (Å²) in [6.45, 7) is 9.53. The molecule has 0 saturated carbocycles. The summed E-state index contributed by atoms with van der Waals surface area (Å²) in [6, 6.07) is 0.622. The molecule has 3 heteroatoms. The van der Waals surface area contributed by atoms with Crippen LogP contribution in [0.4, 0.5) is 0 Å². The number of hydrogen-bond acceptors (Lipinski definition) is 2. The van der Waals surface area contributed by atoms with Gasteiger partial charge in [-0.2, -0.15) is 0 Å². The first-order chi connectivity index (χ1) is 6.74. The number of alkyl halides is 1. The van der Waals surface area contributed by atoms with E-state index in [9.17, 15) is 0 Å². The molecular weight excluding hydrogens is 240 g/mol. The molecule has 0 radical (unpaired) electrons. The van der Waals surface area contributed by atoms with Gasteiger partial charge in [0.25, 0.3) is 0 Å². The van der Waals surface area contributed by atoms with Gasteiger partial charge in [-0.3, -0.25) is 0 Å². The molecule has 0 aliphatic carbocycles. The lowest BCUT2D eigenvalue weighted by Crippen LogP contribution is -2.38. The highest BCUT2D eigenvalue weighted by Crippen LogP contribution is 2.07. The summed E-state index contributed by atoms with van der Waals surface area (Å²) in [5.41, 5.74) is 0. The van der Waals surface area contributed by atoms with Gasteiger partial charge in [-0.05, 0) is 38.8 Å². The van der Waals surface area contributed by atoms with Crippen LogP contribution in [0.2, 0.25) is 0 Å². The molecule has 0 aromatic rings. The number of likely N-dealkylation sites (tertiary alicyclic amines) is 1. The Balaban J connectivity index is 2.02. The van der Waals surface area contributed by atoms with Crippen molar-refractivity contribution < 1.29 is 0 Å². The maximum Gasteiger partial charge on any atom is 0.0107 e. The zero-order valence-corrected chi connectivity index (χ0v) is 11.0. The minimum atomic E-state index is 0.622. The molecule has 0 bridgehead atoms. The van der Waals surface area contributed by atoms with E-state index in [1.165, 1.54) is 32.5 Å². The van der Waals surface area contributed by atoms with E-state index >= 15 is 0 Å². The fraction of sp³-hybridized carbons (Fsp3) is 1.00. The first kappa shape index (κ1) is 12.5. The van der Waals surface area contributed by atoms with Crippen LogP contribution in [0, 0.1) is 5.92 Å². The molecule has 0 aromatic heterocycles. The molecular formula is C11H23BrN2. The topological polar surface area (TPSA) is 15.3 Å². The van der Waals surface area contributed by atoms with Crippen molar-refractivity contribution >= 4 is 15.9 Å². The highest BCUT2D eigenvalue weighted by Gasteiger charge is 2.13. The molecule has 1 saturated heterocycles. The fourth-order valence-corrected chi connectivity index (χ4v) is 2.35. The van der Waals surface area contributed by atoms with Crippen LogP contribution in [-0.2, 0) is 0 Å². The van der Waals surface area contributed by atoms with Gasteiger partial charge in [0.2, 0.25) is 0 Å². The van der Waals surface area contributed by atoms with Gasteiger partial charge in [-0.25, -0.2) is 0 Å². The van der Waals surface area contributed by atoms with Gasteiger partial charge in [-0.1, -0.05) is 22.9 Å². The third kappa shape index (κ3) is 4.28. The lowest BCUT2D eigenvalue weighted by molar-refractivity contribution is 0.319. The minimum Gasteiger partial charge on any atom is -0.313 e. The van der Waals surface area contributed by atoms with Crippen LogP contribution in [0.25, 0.3) is 0 Å². The molecule has 0 aromatic carbocycles. The van der Waals surface area contributed by atoms with Crippen LogP contribution in [-0.4, -0.2) is 42.5 Å². The maximum absolute atomic E-state index is 3.59. The van der Waals surface area contributed by atoms with Gasteiger partial charge >= 0.3 is 0 Å². The highest BCUT2D eigenvalue weighted by molar-refractivity contribution is 9.09. The summed E-state index contributed by atoms with van der Waals surface area (Å²) >= 11 is 3.52. The van der Waals surface area contributed by atoms with E-state index in [0.717, 1.165) is 11.9 Å². The predicted octanol–water partition coefficient (Wildman–Crippen LogP) is 2.09. The van der Waals surface area contributed by atoms with E-state index in [0.29, 0.717) is 12.0 Å². The number of nitrogens with zero attached hydrogens (tertiary/aromatic N) is 1. The summed E-state index contributed by atoms with van der Waals surface area (Å²) in [4.78, 5) is 2.55. The van der Waals surface area contributed by atoms with Crippen LogP contribution in [0.1, 0.15) is 26.7 Å². The van der Waals surface area contributed by atoms with Crippen LogP contribution >= 0.6 is 15.9 Å². The van der Waals surface area contributed by atoms with Gasteiger partial charge in [0.05, 0.1) is 0 Å². The van der Waals surface area contributed by atoms with Gasteiger partial charge < -0.3 is 10.2 Å². The minimum absolute atomic E-state index is 0.622. The van der Waals surface area contributed by atoms with Crippen LogP contribution < -0.4 is 5.32 Å². The molecule has 14 heavy (non-hydrogen) atoms. The molecule has 2 unspecified atom stereocenters. The number of rotatable bonds is 6. The Morgan fingerprint density at radius 1 is 1.29 bits per heavy atom. The second-order valence-corrected chi connectivity index (χ2v) is 5.07. The van der Waals surface area contributed by atoms with E-state index in [2.05, 4.69) is 40.0 Å². The standard InChI is InChI=1S/C11H23BrN2/c1-10(9-12)11(2)13-5-8-14-6-3-4-7-14/h10-11,13H,3-9H2,1-2H3. The van der Waals surface area contributed by atoms with E-state index in [1.54, 1.807) is 0 Å². The number of nitrogens with one attached hydrogen (secondary N) is 1. The molecule has 1 N–H and O–H groups in total. The second-order valence-electron chi connectivity index (χ2n) is 4.42. The Kier molecular flexibility index (Phi) is 6.06. The zero-order chi connectivity index (χ0) is 10.4. The Bertz CT molecular complexity index is 146. The van der Waals surface area contributed by atoms with Crippen molar-refractivity contribution in [1.82, 2.24) is 10.2 Å². The molecule has 1 rings (SSSR count). The quantitative estimate of drug-likeness (QED) is 0.738. The van der Waals surface area contributed by atoms with E-state index < -0.39 is 0 Å². The Labute approximate surface area is 96.6 Å². The SMILES string of the molecule is CC(CBr)C(C)NCCN1CCCC1. The summed E-state index contributed by atoms with van der Waals surface area (Å²) in [6.07, 6.45) is 2.79. The average Bonchev–Trinajstić information content (AvgIpc) is 2.69. The Morgan fingerprint density at radius 3 is 2.50 bits per heavy atom. The lowest BCUT2D eigenvalue weighted by atomic mass is 10.1. The summed E-state index contributed by atoms with van der Waals surface area (Å²) in [7, 11) is 0. The largest absolute Gasteiger partial charge is 0.313 e. The Hall–Kier alpha value is 0.400. The van der Waals surface area contributed by atoms with Crippen molar-refractivity contribution in [2.45, 2.75) is 32.7 Å². The predicted molar refractivity (Wildman–Crippen MR) is 66.1 cm³/mol. The monoisotopic (exact) mass is 262 g/mol. The van der Waals surface area contributed by atoms with Crippen LogP contribution in [0.15, 0.2) is 0 Å².